The molecular weight excluding hydrogens is 360 g/mol. The summed E-state index contributed by atoms with van der Waals surface area (Å²) >= 11 is 0. The van der Waals surface area contributed by atoms with Crippen molar-refractivity contribution in [1.82, 2.24) is 0 Å². The highest BCUT2D eigenvalue weighted by molar-refractivity contribution is 7.93. The van der Waals surface area contributed by atoms with E-state index in [9.17, 15) is 16.8 Å². The van der Waals surface area contributed by atoms with Gasteiger partial charge in [-0.2, -0.15) is 0 Å². The van der Waals surface area contributed by atoms with Gasteiger partial charge in [-0.25, -0.2) is 16.8 Å². The molecule has 2 aromatic rings. The summed E-state index contributed by atoms with van der Waals surface area (Å²) in [5.41, 5.74) is 1.92. The molecular formula is C17H20N2O4S2. The molecule has 1 aliphatic heterocycles. The first kappa shape index (κ1) is 17.8. The van der Waals surface area contributed by atoms with Crippen LogP contribution in [0.3, 0.4) is 0 Å². The molecule has 0 radical (unpaired) electrons. The second kappa shape index (κ2) is 6.68. The summed E-state index contributed by atoms with van der Waals surface area (Å²) in [6.07, 6.45) is 1.49. The summed E-state index contributed by atoms with van der Waals surface area (Å²) in [5.74, 6) is 0.148. The minimum Gasteiger partial charge on any atom is -0.280 e. The summed E-state index contributed by atoms with van der Waals surface area (Å²) in [7, 11) is -6.95. The van der Waals surface area contributed by atoms with Crippen molar-refractivity contribution in [3.63, 3.8) is 0 Å². The zero-order valence-electron chi connectivity index (χ0n) is 13.8. The molecule has 0 saturated carbocycles. The van der Waals surface area contributed by atoms with E-state index < -0.39 is 20.0 Å². The number of rotatable bonds is 4. The molecule has 0 spiro atoms. The summed E-state index contributed by atoms with van der Waals surface area (Å²) in [6, 6.07) is 13.0. The van der Waals surface area contributed by atoms with Crippen molar-refractivity contribution in [3.05, 3.63) is 54.1 Å². The summed E-state index contributed by atoms with van der Waals surface area (Å²) in [4.78, 5) is 0.181. The normalized spacial score (nSPS) is 17.2. The fourth-order valence-electron chi connectivity index (χ4n) is 2.71. The van der Waals surface area contributed by atoms with Crippen molar-refractivity contribution < 1.29 is 16.8 Å². The number of nitrogens with zero attached hydrogens (tertiary/aromatic N) is 1. The molecule has 6 nitrogen and oxygen atoms in total. The fourth-order valence-corrected chi connectivity index (χ4v) is 5.40. The van der Waals surface area contributed by atoms with E-state index in [0.29, 0.717) is 24.3 Å². The SMILES string of the molecule is Cc1ccc(S(=O)(=O)Nc2ccc(N3CCCCS3(=O)=O)cc2)cc1. The average molecular weight is 380 g/mol. The van der Waals surface area contributed by atoms with E-state index in [1.807, 2.05) is 6.92 Å². The largest absolute Gasteiger partial charge is 0.280 e. The molecule has 1 heterocycles. The molecule has 0 aromatic heterocycles. The lowest BCUT2D eigenvalue weighted by molar-refractivity contribution is 0.574. The van der Waals surface area contributed by atoms with Crippen molar-refractivity contribution in [2.24, 2.45) is 0 Å². The maximum absolute atomic E-state index is 12.4. The fraction of sp³-hybridized carbons (Fsp3) is 0.294. The third-order valence-corrected chi connectivity index (χ3v) is 7.35. The van der Waals surface area contributed by atoms with Crippen LogP contribution in [0.15, 0.2) is 53.4 Å². The first-order valence-corrected chi connectivity index (χ1v) is 11.1. The van der Waals surface area contributed by atoms with Gasteiger partial charge in [0.2, 0.25) is 10.0 Å². The highest BCUT2D eigenvalue weighted by Gasteiger charge is 2.26. The Morgan fingerprint density at radius 3 is 2.20 bits per heavy atom. The molecule has 3 rings (SSSR count). The number of nitrogens with one attached hydrogen (secondary N) is 1. The molecule has 0 bridgehead atoms. The van der Waals surface area contributed by atoms with Crippen molar-refractivity contribution in [2.75, 3.05) is 21.3 Å². The maximum Gasteiger partial charge on any atom is 0.261 e. The molecule has 1 N–H and O–H groups in total. The van der Waals surface area contributed by atoms with E-state index >= 15 is 0 Å². The van der Waals surface area contributed by atoms with Gasteiger partial charge >= 0.3 is 0 Å². The number of benzene rings is 2. The molecule has 2 aromatic carbocycles. The third-order valence-electron chi connectivity index (χ3n) is 4.09. The van der Waals surface area contributed by atoms with Gasteiger partial charge < -0.3 is 0 Å². The van der Waals surface area contributed by atoms with Gasteiger partial charge in [0.1, 0.15) is 0 Å². The molecule has 8 heteroatoms. The number of aryl methyl sites for hydroxylation is 1. The van der Waals surface area contributed by atoms with Crippen molar-refractivity contribution >= 4 is 31.4 Å². The minimum absolute atomic E-state index is 0.148. The van der Waals surface area contributed by atoms with Gasteiger partial charge in [-0.1, -0.05) is 17.7 Å². The van der Waals surface area contributed by atoms with Crippen LogP contribution in [0.5, 0.6) is 0 Å². The zero-order chi connectivity index (χ0) is 18.1. The molecule has 0 aliphatic carbocycles. The van der Waals surface area contributed by atoms with E-state index in [2.05, 4.69) is 4.72 Å². The molecule has 0 atom stereocenters. The third kappa shape index (κ3) is 3.96. The first-order chi connectivity index (χ1) is 11.8. The van der Waals surface area contributed by atoms with E-state index in [-0.39, 0.29) is 10.6 Å². The highest BCUT2D eigenvalue weighted by atomic mass is 32.2. The maximum atomic E-state index is 12.4. The Morgan fingerprint density at radius 1 is 0.960 bits per heavy atom. The van der Waals surface area contributed by atoms with Gasteiger partial charge in [-0.15, -0.1) is 0 Å². The van der Waals surface area contributed by atoms with Crippen molar-refractivity contribution in [2.45, 2.75) is 24.7 Å². The lowest BCUT2D eigenvalue weighted by Gasteiger charge is -2.28. The van der Waals surface area contributed by atoms with Gasteiger partial charge in [0.05, 0.1) is 16.3 Å². The molecule has 134 valence electrons. The van der Waals surface area contributed by atoms with Gasteiger partial charge in [-0.3, -0.25) is 9.03 Å². The Kier molecular flexibility index (Phi) is 4.75. The Hall–Kier alpha value is -2.06. The predicted octanol–water partition coefficient (Wildman–Crippen LogP) is 2.73. The van der Waals surface area contributed by atoms with Crippen LogP contribution < -0.4 is 9.03 Å². The van der Waals surface area contributed by atoms with E-state index in [0.717, 1.165) is 12.0 Å². The van der Waals surface area contributed by atoms with Crippen LogP contribution in [-0.2, 0) is 20.0 Å². The number of hydrogen-bond acceptors (Lipinski definition) is 4. The van der Waals surface area contributed by atoms with Crippen LogP contribution in [0.1, 0.15) is 18.4 Å². The van der Waals surface area contributed by atoms with Crippen LogP contribution in [0.4, 0.5) is 11.4 Å². The van der Waals surface area contributed by atoms with E-state index in [4.69, 9.17) is 0 Å². The highest BCUT2D eigenvalue weighted by Crippen LogP contribution is 2.26. The van der Waals surface area contributed by atoms with Crippen LogP contribution >= 0.6 is 0 Å². The molecule has 1 fully saturated rings. The topological polar surface area (TPSA) is 83.6 Å². The summed E-state index contributed by atoms with van der Waals surface area (Å²) < 4.78 is 52.9. The second-order valence-corrected chi connectivity index (χ2v) is 9.76. The Labute approximate surface area is 148 Å². The smallest absolute Gasteiger partial charge is 0.261 e. The Morgan fingerprint density at radius 2 is 1.60 bits per heavy atom. The summed E-state index contributed by atoms with van der Waals surface area (Å²) in [5, 5.41) is 0. The Balaban J connectivity index is 1.80. The lowest BCUT2D eigenvalue weighted by atomic mass is 10.2. The molecule has 0 unspecified atom stereocenters. The van der Waals surface area contributed by atoms with Crippen molar-refractivity contribution in [1.29, 1.82) is 0 Å². The number of sulfonamides is 2. The summed E-state index contributed by atoms with van der Waals surface area (Å²) in [6.45, 7) is 2.34. The number of anilines is 2. The first-order valence-electron chi connectivity index (χ1n) is 7.98. The number of hydrogen-bond donors (Lipinski definition) is 1. The van der Waals surface area contributed by atoms with Gasteiger partial charge in [0.15, 0.2) is 0 Å². The quantitative estimate of drug-likeness (QED) is 0.884. The predicted molar refractivity (Wildman–Crippen MR) is 98.8 cm³/mol. The van der Waals surface area contributed by atoms with Gasteiger partial charge in [0.25, 0.3) is 10.0 Å². The van der Waals surface area contributed by atoms with Gasteiger partial charge in [0, 0.05) is 12.2 Å². The minimum atomic E-state index is -3.67. The van der Waals surface area contributed by atoms with Crippen molar-refractivity contribution in [3.8, 4) is 0 Å². The second-order valence-electron chi connectivity index (χ2n) is 6.06. The molecule has 0 amide bonds. The zero-order valence-corrected chi connectivity index (χ0v) is 15.5. The lowest BCUT2D eigenvalue weighted by Crippen LogP contribution is -2.37. The average Bonchev–Trinajstić information content (AvgIpc) is 2.55. The Bertz CT molecular complexity index is 951. The monoisotopic (exact) mass is 380 g/mol. The molecule has 1 saturated heterocycles. The molecule has 25 heavy (non-hydrogen) atoms. The van der Waals surface area contributed by atoms with Crippen LogP contribution in [0.25, 0.3) is 0 Å². The van der Waals surface area contributed by atoms with E-state index in [1.54, 1.807) is 48.5 Å². The van der Waals surface area contributed by atoms with Crippen LogP contribution in [-0.4, -0.2) is 29.1 Å². The van der Waals surface area contributed by atoms with E-state index in [1.165, 1.54) is 4.31 Å². The van der Waals surface area contributed by atoms with Crippen LogP contribution in [0.2, 0.25) is 0 Å². The molecule has 1 aliphatic rings. The van der Waals surface area contributed by atoms with Gasteiger partial charge in [-0.05, 0) is 56.2 Å². The van der Waals surface area contributed by atoms with Crippen LogP contribution in [0, 0.1) is 6.92 Å². The standard InChI is InChI=1S/C17H20N2O4S2/c1-14-4-10-17(11-5-14)25(22,23)18-15-6-8-16(9-7-15)19-12-2-3-13-24(19,20)21/h4-11,18H,2-3,12-13H2,1H3.